The summed E-state index contributed by atoms with van der Waals surface area (Å²) < 4.78 is 17.7. The minimum Gasteiger partial charge on any atom is -0.481 e. The smallest absolute Gasteiger partial charge is 0.481 e. The van der Waals surface area contributed by atoms with Crippen molar-refractivity contribution >= 4 is 36.9 Å². The summed E-state index contributed by atoms with van der Waals surface area (Å²) in [6, 6.07) is 14.5. The molecule has 0 aliphatic carbocycles. The van der Waals surface area contributed by atoms with E-state index in [1.165, 1.54) is 0 Å². The number of carboxylic acids is 1. The van der Waals surface area contributed by atoms with E-state index in [1.807, 2.05) is 64.1 Å². The lowest BCUT2D eigenvalue weighted by Gasteiger charge is -2.32. The van der Waals surface area contributed by atoms with Gasteiger partial charge in [0.25, 0.3) is 0 Å². The zero-order chi connectivity index (χ0) is 24.9. The van der Waals surface area contributed by atoms with Crippen molar-refractivity contribution in [1.82, 2.24) is 5.32 Å². The molecule has 0 unspecified atom stereocenters. The van der Waals surface area contributed by atoms with Gasteiger partial charge in [-0.25, -0.2) is 4.79 Å². The SMILES string of the molecule is CC1(C)OB(C(=Cc2ccc(CC(=O)O)c(Cl)c2)CNC(=O)OCc2ccccc2)OC1(C)C. The quantitative estimate of drug-likeness (QED) is 0.516. The third kappa shape index (κ3) is 6.62. The number of carbonyl (C=O) groups excluding carboxylic acids is 1. The number of aliphatic carboxylic acids is 1. The molecule has 2 aromatic rings. The number of ether oxygens (including phenoxy) is 1. The van der Waals surface area contributed by atoms with Crippen LogP contribution in [0.25, 0.3) is 6.08 Å². The van der Waals surface area contributed by atoms with Crippen LogP contribution in [0.2, 0.25) is 5.02 Å². The van der Waals surface area contributed by atoms with Crippen molar-refractivity contribution in [2.75, 3.05) is 6.54 Å². The van der Waals surface area contributed by atoms with Gasteiger partial charge in [0.1, 0.15) is 6.61 Å². The van der Waals surface area contributed by atoms with E-state index < -0.39 is 30.4 Å². The zero-order valence-electron chi connectivity index (χ0n) is 19.8. The molecular formula is C25H29BClNO6. The molecule has 3 rings (SSSR count). The predicted octanol–water partition coefficient (Wildman–Crippen LogP) is 4.91. The number of hydrogen-bond donors (Lipinski definition) is 2. The Bertz CT molecular complexity index is 1050. The van der Waals surface area contributed by atoms with E-state index in [1.54, 1.807) is 18.2 Å². The average molecular weight is 486 g/mol. The van der Waals surface area contributed by atoms with E-state index in [0.717, 1.165) is 11.1 Å². The molecule has 1 saturated heterocycles. The van der Waals surface area contributed by atoms with Crippen molar-refractivity contribution in [2.45, 2.75) is 51.9 Å². The minimum atomic E-state index is -0.957. The Morgan fingerprint density at radius 1 is 1.09 bits per heavy atom. The first-order valence-corrected chi connectivity index (χ1v) is 11.4. The lowest BCUT2D eigenvalue weighted by molar-refractivity contribution is -0.136. The van der Waals surface area contributed by atoms with Gasteiger partial charge in [-0.05, 0) is 55.9 Å². The fourth-order valence-corrected chi connectivity index (χ4v) is 3.57. The van der Waals surface area contributed by atoms with Gasteiger partial charge in [0.05, 0.1) is 17.6 Å². The van der Waals surface area contributed by atoms with Crippen LogP contribution < -0.4 is 5.32 Å². The van der Waals surface area contributed by atoms with Crippen molar-refractivity contribution in [1.29, 1.82) is 0 Å². The number of rotatable bonds is 8. The van der Waals surface area contributed by atoms with Crippen molar-refractivity contribution in [3.8, 4) is 0 Å². The molecule has 0 saturated carbocycles. The van der Waals surface area contributed by atoms with E-state index in [4.69, 9.17) is 30.8 Å². The Balaban J connectivity index is 1.77. The van der Waals surface area contributed by atoms with Gasteiger partial charge < -0.3 is 24.5 Å². The van der Waals surface area contributed by atoms with Crippen LogP contribution >= 0.6 is 11.6 Å². The predicted molar refractivity (Wildman–Crippen MR) is 131 cm³/mol. The summed E-state index contributed by atoms with van der Waals surface area (Å²) in [6.07, 6.45) is 1.08. The molecule has 0 aromatic heterocycles. The van der Waals surface area contributed by atoms with Crippen molar-refractivity contribution in [3.05, 3.63) is 75.7 Å². The zero-order valence-corrected chi connectivity index (χ0v) is 20.5. The third-order valence-electron chi connectivity index (χ3n) is 5.98. The summed E-state index contributed by atoms with van der Waals surface area (Å²) >= 11 is 6.29. The first-order valence-electron chi connectivity index (χ1n) is 11.0. The van der Waals surface area contributed by atoms with Gasteiger partial charge in [0.2, 0.25) is 0 Å². The molecule has 0 spiro atoms. The molecule has 2 N–H and O–H groups in total. The first-order chi connectivity index (χ1) is 16.0. The Hall–Kier alpha value is -2.81. The van der Waals surface area contributed by atoms with Crippen LogP contribution in [0.15, 0.2) is 54.0 Å². The fraction of sp³-hybridized carbons (Fsp3) is 0.360. The standard InChI is InChI=1S/C25H29BClNO6/c1-24(2)25(3,4)34-26(33-24)20(12-18-10-11-19(14-22(29)30)21(27)13-18)15-28-23(31)32-16-17-8-6-5-7-9-17/h5-13H,14-16H2,1-4H3,(H,28,31)(H,29,30). The van der Waals surface area contributed by atoms with Crippen LogP contribution in [-0.2, 0) is 31.9 Å². The van der Waals surface area contributed by atoms with Gasteiger partial charge in [-0.3, -0.25) is 4.79 Å². The third-order valence-corrected chi connectivity index (χ3v) is 6.33. The van der Waals surface area contributed by atoms with Crippen molar-refractivity contribution < 1.29 is 28.7 Å². The molecule has 180 valence electrons. The van der Waals surface area contributed by atoms with Gasteiger partial charge >= 0.3 is 19.2 Å². The van der Waals surface area contributed by atoms with Crippen LogP contribution in [0.3, 0.4) is 0 Å². The van der Waals surface area contributed by atoms with Gasteiger partial charge in [-0.2, -0.15) is 0 Å². The lowest BCUT2D eigenvalue weighted by atomic mass is 9.77. The summed E-state index contributed by atoms with van der Waals surface area (Å²) in [5.41, 5.74) is 1.67. The molecule has 7 nitrogen and oxygen atoms in total. The lowest BCUT2D eigenvalue weighted by Crippen LogP contribution is -2.41. The van der Waals surface area contributed by atoms with Crippen LogP contribution in [0.4, 0.5) is 4.79 Å². The number of hydrogen-bond acceptors (Lipinski definition) is 5. The molecule has 34 heavy (non-hydrogen) atoms. The Kier molecular flexibility index (Phi) is 8.07. The molecule has 1 aliphatic heterocycles. The second kappa shape index (κ2) is 10.6. The monoisotopic (exact) mass is 485 g/mol. The number of carbonyl (C=O) groups is 2. The highest BCUT2D eigenvalue weighted by Crippen LogP contribution is 2.38. The van der Waals surface area contributed by atoms with Crippen molar-refractivity contribution in [2.24, 2.45) is 0 Å². The van der Waals surface area contributed by atoms with Crippen molar-refractivity contribution in [3.63, 3.8) is 0 Å². The number of halogens is 1. The molecule has 0 atom stereocenters. The van der Waals surface area contributed by atoms with Gasteiger partial charge in [-0.1, -0.05) is 60.1 Å². The minimum absolute atomic E-state index is 0.124. The molecule has 1 heterocycles. The average Bonchev–Trinajstić information content (AvgIpc) is 2.98. The normalized spacial score (nSPS) is 16.9. The fourth-order valence-electron chi connectivity index (χ4n) is 3.32. The van der Waals surface area contributed by atoms with E-state index in [-0.39, 0.29) is 19.6 Å². The second-order valence-electron chi connectivity index (χ2n) is 9.14. The highest BCUT2D eigenvalue weighted by molar-refractivity contribution is 6.56. The van der Waals surface area contributed by atoms with Crippen LogP contribution in [-0.4, -0.2) is 42.0 Å². The number of carboxylic acid groups (broad SMARTS) is 1. The summed E-state index contributed by atoms with van der Waals surface area (Å²) in [7, 11) is -0.697. The van der Waals surface area contributed by atoms with Gasteiger partial charge in [0, 0.05) is 11.6 Å². The van der Waals surface area contributed by atoms with Gasteiger partial charge in [-0.15, -0.1) is 0 Å². The molecule has 9 heteroatoms. The highest BCUT2D eigenvalue weighted by atomic mass is 35.5. The highest BCUT2D eigenvalue weighted by Gasteiger charge is 2.52. The summed E-state index contributed by atoms with van der Waals surface area (Å²) in [5.74, 6) is -0.957. The van der Waals surface area contributed by atoms with E-state index >= 15 is 0 Å². The summed E-state index contributed by atoms with van der Waals surface area (Å²) in [5, 5.41) is 12.1. The Labute approximate surface area is 205 Å². The number of amides is 1. The van der Waals surface area contributed by atoms with E-state index in [0.29, 0.717) is 16.1 Å². The van der Waals surface area contributed by atoms with Gasteiger partial charge in [0.15, 0.2) is 0 Å². The maximum Gasteiger partial charge on any atom is 0.492 e. The maximum absolute atomic E-state index is 12.3. The van der Waals surface area contributed by atoms with Crippen LogP contribution in [0.1, 0.15) is 44.4 Å². The molecule has 0 radical (unpaired) electrons. The number of alkyl carbamates (subject to hydrolysis) is 1. The molecular weight excluding hydrogens is 457 g/mol. The van der Waals surface area contributed by atoms with Crippen LogP contribution in [0.5, 0.6) is 0 Å². The molecule has 1 aliphatic rings. The largest absolute Gasteiger partial charge is 0.492 e. The molecule has 2 aromatic carbocycles. The Morgan fingerprint density at radius 2 is 1.74 bits per heavy atom. The molecule has 1 fully saturated rings. The van der Waals surface area contributed by atoms with E-state index in [2.05, 4.69) is 5.32 Å². The maximum atomic E-state index is 12.3. The van der Waals surface area contributed by atoms with Crippen LogP contribution in [0, 0.1) is 0 Å². The first kappa shape index (κ1) is 25.8. The summed E-state index contributed by atoms with van der Waals surface area (Å²) in [4.78, 5) is 23.3. The van der Waals surface area contributed by atoms with E-state index in [9.17, 15) is 9.59 Å². The number of nitrogens with one attached hydrogen (secondary N) is 1. The number of benzene rings is 2. The molecule has 1 amide bonds. The second-order valence-corrected chi connectivity index (χ2v) is 9.55. The topological polar surface area (TPSA) is 94.1 Å². The molecule has 0 bridgehead atoms. The summed E-state index contributed by atoms with van der Waals surface area (Å²) in [6.45, 7) is 8.07. The Morgan fingerprint density at radius 3 is 2.32 bits per heavy atom.